The van der Waals surface area contributed by atoms with Crippen LogP contribution >= 0.6 is 0 Å². The zero-order chi connectivity index (χ0) is 18.2. The minimum atomic E-state index is -4.85. The average Bonchev–Trinajstić information content (AvgIpc) is 2.95. The summed E-state index contributed by atoms with van der Waals surface area (Å²) in [6, 6.07) is 12.1. The largest absolute Gasteiger partial charge is 0.408 e. The number of nitrogens with one attached hydrogen (secondary N) is 1. The standard InChI is InChI=1S/C18H15F3N2O2/c1-12-7-8-16-14(9-12)15(10-22-16)17(11-23(24)25,18(19,20)21)13-5-3-2-4-6-13/h2-10,22H,11H2,1H3/t17-/m1/s1. The summed E-state index contributed by atoms with van der Waals surface area (Å²) in [5.74, 6) is 0. The summed E-state index contributed by atoms with van der Waals surface area (Å²) in [5.41, 5.74) is -1.74. The number of H-pyrrole nitrogens is 1. The Bertz CT molecular complexity index is 919. The van der Waals surface area contributed by atoms with Crippen LogP contribution in [-0.4, -0.2) is 22.6 Å². The number of nitro groups is 1. The van der Waals surface area contributed by atoms with E-state index < -0.39 is 23.1 Å². The number of nitrogens with zero attached hydrogens (tertiary/aromatic N) is 1. The molecule has 1 heterocycles. The van der Waals surface area contributed by atoms with Crippen LogP contribution in [0.25, 0.3) is 10.9 Å². The molecule has 0 aliphatic rings. The molecule has 0 aliphatic heterocycles. The Balaban J connectivity index is 2.40. The number of aromatic nitrogens is 1. The van der Waals surface area contributed by atoms with Crippen LogP contribution in [0, 0.1) is 17.0 Å². The van der Waals surface area contributed by atoms with Gasteiger partial charge in [0.25, 0.3) is 0 Å². The number of rotatable bonds is 4. The van der Waals surface area contributed by atoms with E-state index in [9.17, 15) is 23.3 Å². The SMILES string of the molecule is Cc1ccc2[nH]cc([C@@](C[N+](=O)[O-])(c3ccccc3)C(F)(F)F)c2c1. The number of hydrogen-bond donors (Lipinski definition) is 1. The summed E-state index contributed by atoms with van der Waals surface area (Å²) in [4.78, 5) is 13.1. The second-order valence-electron chi connectivity index (χ2n) is 6.01. The van der Waals surface area contributed by atoms with Crippen molar-refractivity contribution in [3.05, 3.63) is 81.5 Å². The first-order valence-corrected chi connectivity index (χ1v) is 7.58. The van der Waals surface area contributed by atoms with Crippen molar-refractivity contribution in [3.63, 3.8) is 0 Å². The van der Waals surface area contributed by atoms with E-state index in [-0.39, 0.29) is 11.1 Å². The second kappa shape index (κ2) is 5.91. The molecule has 0 fully saturated rings. The molecule has 7 heteroatoms. The number of hydrogen-bond acceptors (Lipinski definition) is 2. The van der Waals surface area contributed by atoms with Crippen LogP contribution in [0.3, 0.4) is 0 Å². The van der Waals surface area contributed by atoms with Crippen LogP contribution < -0.4 is 0 Å². The van der Waals surface area contributed by atoms with Gasteiger partial charge in [0.05, 0.1) is 0 Å². The third kappa shape index (κ3) is 2.75. The van der Waals surface area contributed by atoms with E-state index in [4.69, 9.17) is 0 Å². The highest BCUT2D eigenvalue weighted by atomic mass is 19.4. The van der Waals surface area contributed by atoms with Crippen molar-refractivity contribution in [2.24, 2.45) is 0 Å². The zero-order valence-corrected chi connectivity index (χ0v) is 13.3. The van der Waals surface area contributed by atoms with Crippen LogP contribution in [0.5, 0.6) is 0 Å². The monoisotopic (exact) mass is 348 g/mol. The molecule has 4 nitrogen and oxygen atoms in total. The molecule has 1 N–H and O–H groups in total. The van der Waals surface area contributed by atoms with Gasteiger partial charge in [0.15, 0.2) is 5.41 Å². The number of fused-ring (bicyclic) bond motifs is 1. The molecular formula is C18H15F3N2O2. The average molecular weight is 348 g/mol. The van der Waals surface area contributed by atoms with Crippen molar-refractivity contribution in [2.75, 3.05) is 6.54 Å². The number of aryl methyl sites for hydroxylation is 1. The minimum Gasteiger partial charge on any atom is -0.361 e. The van der Waals surface area contributed by atoms with E-state index in [0.29, 0.717) is 10.9 Å². The number of aromatic amines is 1. The van der Waals surface area contributed by atoms with Crippen molar-refractivity contribution in [1.29, 1.82) is 0 Å². The molecule has 130 valence electrons. The Morgan fingerprint density at radius 3 is 2.40 bits per heavy atom. The van der Waals surface area contributed by atoms with Crippen molar-refractivity contribution in [2.45, 2.75) is 18.5 Å². The van der Waals surface area contributed by atoms with Crippen LogP contribution in [0.15, 0.2) is 54.7 Å². The first-order chi connectivity index (χ1) is 11.8. The summed E-state index contributed by atoms with van der Waals surface area (Å²) >= 11 is 0. The van der Waals surface area contributed by atoms with Gasteiger partial charge < -0.3 is 4.98 Å². The highest BCUT2D eigenvalue weighted by Gasteiger charge is 2.61. The van der Waals surface area contributed by atoms with E-state index in [2.05, 4.69) is 4.98 Å². The Morgan fingerprint density at radius 1 is 1.12 bits per heavy atom. The third-order valence-corrected chi connectivity index (χ3v) is 4.41. The van der Waals surface area contributed by atoms with E-state index in [1.54, 1.807) is 31.2 Å². The lowest BCUT2D eigenvalue weighted by Gasteiger charge is -2.32. The van der Waals surface area contributed by atoms with Crippen molar-refractivity contribution < 1.29 is 18.1 Å². The topological polar surface area (TPSA) is 58.9 Å². The second-order valence-corrected chi connectivity index (χ2v) is 6.01. The van der Waals surface area contributed by atoms with Gasteiger partial charge >= 0.3 is 6.18 Å². The fourth-order valence-corrected chi connectivity index (χ4v) is 3.24. The molecule has 0 radical (unpaired) electrons. The van der Waals surface area contributed by atoms with Gasteiger partial charge in [0, 0.05) is 27.6 Å². The summed E-state index contributed by atoms with van der Waals surface area (Å²) in [6.45, 7) is 0.489. The lowest BCUT2D eigenvalue weighted by Crippen LogP contribution is -2.48. The fourth-order valence-electron chi connectivity index (χ4n) is 3.24. The lowest BCUT2D eigenvalue weighted by atomic mass is 9.73. The molecule has 0 spiro atoms. The Labute approximate surface area is 141 Å². The van der Waals surface area contributed by atoms with Gasteiger partial charge in [-0.2, -0.15) is 13.2 Å². The van der Waals surface area contributed by atoms with E-state index >= 15 is 0 Å². The van der Waals surface area contributed by atoms with Gasteiger partial charge in [-0.1, -0.05) is 42.0 Å². The molecule has 0 unspecified atom stereocenters. The molecule has 3 aromatic rings. The van der Waals surface area contributed by atoms with Crippen molar-refractivity contribution >= 4 is 10.9 Å². The van der Waals surface area contributed by atoms with E-state index in [1.807, 2.05) is 0 Å². The van der Waals surface area contributed by atoms with Gasteiger partial charge in [0.1, 0.15) is 0 Å². The van der Waals surface area contributed by atoms with Gasteiger partial charge in [0.2, 0.25) is 6.54 Å². The summed E-state index contributed by atoms with van der Waals surface area (Å²) < 4.78 is 42.9. The normalized spacial score (nSPS) is 14.4. The first kappa shape index (κ1) is 17.0. The van der Waals surface area contributed by atoms with Gasteiger partial charge in [-0.05, 0) is 24.6 Å². The van der Waals surface area contributed by atoms with Gasteiger partial charge in [-0.25, -0.2) is 0 Å². The molecule has 0 saturated heterocycles. The number of benzene rings is 2. The van der Waals surface area contributed by atoms with Gasteiger partial charge in [-0.3, -0.25) is 10.1 Å². The summed E-state index contributed by atoms with van der Waals surface area (Å²) in [6.07, 6.45) is -3.62. The highest BCUT2D eigenvalue weighted by molar-refractivity contribution is 5.86. The molecule has 1 aromatic heterocycles. The Morgan fingerprint density at radius 2 is 1.80 bits per heavy atom. The van der Waals surface area contributed by atoms with Gasteiger partial charge in [-0.15, -0.1) is 0 Å². The molecule has 0 saturated carbocycles. The van der Waals surface area contributed by atoms with Crippen molar-refractivity contribution in [3.8, 4) is 0 Å². The van der Waals surface area contributed by atoms with E-state index in [0.717, 1.165) is 5.56 Å². The minimum absolute atomic E-state index is 0.137. The number of alkyl halides is 3. The number of halogens is 3. The maximum absolute atomic E-state index is 14.3. The van der Waals surface area contributed by atoms with Crippen LogP contribution in [0.4, 0.5) is 13.2 Å². The molecule has 0 bridgehead atoms. The van der Waals surface area contributed by atoms with Crippen LogP contribution in [-0.2, 0) is 5.41 Å². The molecule has 1 atom stereocenters. The first-order valence-electron chi connectivity index (χ1n) is 7.58. The summed E-state index contributed by atoms with van der Waals surface area (Å²) in [7, 11) is 0. The maximum atomic E-state index is 14.3. The third-order valence-electron chi connectivity index (χ3n) is 4.41. The molecule has 0 aliphatic carbocycles. The molecule has 0 amide bonds. The Kier molecular flexibility index (Phi) is 4.02. The predicted molar refractivity (Wildman–Crippen MR) is 88.2 cm³/mol. The molecule has 3 rings (SSSR count). The molecule has 2 aromatic carbocycles. The summed E-state index contributed by atoms with van der Waals surface area (Å²) in [5, 5.41) is 11.6. The van der Waals surface area contributed by atoms with E-state index in [1.165, 1.54) is 30.5 Å². The lowest BCUT2D eigenvalue weighted by molar-refractivity contribution is -0.498. The zero-order valence-electron chi connectivity index (χ0n) is 13.3. The quantitative estimate of drug-likeness (QED) is 0.553. The molecule has 25 heavy (non-hydrogen) atoms. The van der Waals surface area contributed by atoms with Crippen molar-refractivity contribution in [1.82, 2.24) is 4.98 Å². The highest BCUT2D eigenvalue weighted by Crippen LogP contribution is 2.48. The smallest absolute Gasteiger partial charge is 0.361 e. The maximum Gasteiger partial charge on any atom is 0.408 e. The Hall–Kier alpha value is -2.83. The predicted octanol–water partition coefficient (Wildman–Crippen LogP) is 4.60. The van der Waals surface area contributed by atoms with Crippen LogP contribution in [0.1, 0.15) is 16.7 Å². The fraction of sp³-hybridized carbons (Fsp3) is 0.222. The van der Waals surface area contributed by atoms with Crippen LogP contribution in [0.2, 0.25) is 0 Å². The molecular weight excluding hydrogens is 333 g/mol.